The second-order valence-electron chi connectivity index (χ2n) is 4.70. The largest absolute Gasteiger partial charge is 0.398 e. The van der Waals surface area contributed by atoms with Gasteiger partial charge >= 0.3 is 0 Å². The highest BCUT2D eigenvalue weighted by Gasteiger charge is 2.26. The predicted molar refractivity (Wildman–Crippen MR) is 72.6 cm³/mol. The molecule has 0 radical (unpaired) electrons. The van der Waals surface area contributed by atoms with E-state index in [9.17, 15) is 8.42 Å². The van der Waals surface area contributed by atoms with E-state index in [0.29, 0.717) is 15.8 Å². The maximum absolute atomic E-state index is 12.2. The Kier molecular flexibility index (Phi) is 4.57. The third-order valence-electron chi connectivity index (χ3n) is 2.66. The van der Waals surface area contributed by atoms with Gasteiger partial charge in [0.15, 0.2) is 0 Å². The van der Waals surface area contributed by atoms with Crippen molar-refractivity contribution >= 4 is 27.0 Å². The zero-order chi connectivity index (χ0) is 13.2. The van der Waals surface area contributed by atoms with Crippen LogP contribution in [0.25, 0.3) is 0 Å². The summed E-state index contributed by atoms with van der Waals surface area (Å²) < 4.78 is 26.2. The Bertz CT molecular complexity index is 466. The van der Waals surface area contributed by atoms with Crippen LogP contribution in [0.3, 0.4) is 0 Å². The van der Waals surface area contributed by atoms with Gasteiger partial charge < -0.3 is 5.73 Å². The number of nitrogens with zero attached hydrogens (tertiary/aromatic N) is 1. The molecule has 0 spiro atoms. The number of hydrogen-bond donors (Lipinski definition) is 1. The van der Waals surface area contributed by atoms with Gasteiger partial charge in [0, 0.05) is 24.2 Å². The third-order valence-corrected chi connectivity index (χ3v) is 6.07. The van der Waals surface area contributed by atoms with Gasteiger partial charge in [0.2, 0.25) is 0 Å². The summed E-state index contributed by atoms with van der Waals surface area (Å²) in [6, 6.07) is 1.50. The van der Waals surface area contributed by atoms with Crippen molar-refractivity contribution in [3.05, 3.63) is 11.4 Å². The van der Waals surface area contributed by atoms with E-state index in [-0.39, 0.29) is 6.04 Å². The number of anilines is 1. The van der Waals surface area contributed by atoms with Gasteiger partial charge in [-0.1, -0.05) is 13.8 Å². The molecule has 0 aliphatic heterocycles. The van der Waals surface area contributed by atoms with Crippen molar-refractivity contribution < 1.29 is 8.42 Å². The summed E-state index contributed by atoms with van der Waals surface area (Å²) in [7, 11) is -1.77. The van der Waals surface area contributed by atoms with E-state index in [2.05, 4.69) is 13.8 Å². The molecule has 0 aromatic carbocycles. The predicted octanol–water partition coefficient (Wildman–Crippen LogP) is 2.39. The molecule has 1 rings (SSSR count). The molecule has 2 N–H and O–H groups in total. The van der Waals surface area contributed by atoms with Gasteiger partial charge in [-0.25, -0.2) is 8.42 Å². The van der Waals surface area contributed by atoms with Gasteiger partial charge in [-0.2, -0.15) is 4.31 Å². The van der Waals surface area contributed by atoms with Crippen LogP contribution in [-0.2, 0) is 10.0 Å². The smallest absolute Gasteiger partial charge is 0.252 e. The molecule has 0 amide bonds. The molecule has 0 saturated carbocycles. The second-order valence-corrected chi connectivity index (χ2v) is 7.83. The summed E-state index contributed by atoms with van der Waals surface area (Å²) >= 11 is 1.17. The normalized spacial score (nSPS) is 14.5. The van der Waals surface area contributed by atoms with Gasteiger partial charge in [0.1, 0.15) is 4.21 Å². The standard InChI is InChI=1S/C11H20N2O2S2/c1-8(2)5-9(3)13(4)17(14,15)11-6-10(12)7-16-11/h6-9H,5,12H2,1-4H3. The lowest BCUT2D eigenvalue weighted by atomic mass is 10.1. The molecule has 4 nitrogen and oxygen atoms in total. The molecule has 0 aliphatic carbocycles. The molecule has 1 aromatic heterocycles. The fourth-order valence-corrected chi connectivity index (χ4v) is 4.31. The molecular weight excluding hydrogens is 256 g/mol. The summed E-state index contributed by atoms with van der Waals surface area (Å²) in [6.45, 7) is 6.09. The number of rotatable bonds is 5. The first kappa shape index (κ1) is 14.5. The Morgan fingerprint density at radius 3 is 2.41 bits per heavy atom. The van der Waals surface area contributed by atoms with E-state index in [4.69, 9.17) is 5.73 Å². The highest BCUT2D eigenvalue weighted by Crippen LogP contribution is 2.26. The third kappa shape index (κ3) is 3.43. The Balaban J connectivity index is 2.91. The summed E-state index contributed by atoms with van der Waals surface area (Å²) in [5.41, 5.74) is 6.06. The lowest BCUT2D eigenvalue weighted by Crippen LogP contribution is -2.35. The van der Waals surface area contributed by atoms with Crippen molar-refractivity contribution in [2.24, 2.45) is 5.92 Å². The van der Waals surface area contributed by atoms with Crippen molar-refractivity contribution in [2.45, 2.75) is 37.4 Å². The van der Waals surface area contributed by atoms with E-state index in [1.807, 2.05) is 6.92 Å². The highest BCUT2D eigenvalue weighted by molar-refractivity contribution is 7.91. The number of hydrogen-bond acceptors (Lipinski definition) is 4. The van der Waals surface area contributed by atoms with Gasteiger partial charge in [-0.3, -0.25) is 0 Å². The maximum atomic E-state index is 12.2. The molecule has 0 saturated heterocycles. The lowest BCUT2D eigenvalue weighted by Gasteiger charge is -2.24. The molecule has 17 heavy (non-hydrogen) atoms. The Labute approximate surface area is 107 Å². The van der Waals surface area contributed by atoms with Crippen LogP contribution in [0, 0.1) is 5.92 Å². The molecule has 1 unspecified atom stereocenters. The van der Waals surface area contributed by atoms with Crippen molar-refractivity contribution in [1.82, 2.24) is 4.31 Å². The maximum Gasteiger partial charge on any atom is 0.252 e. The summed E-state index contributed by atoms with van der Waals surface area (Å²) in [5.74, 6) is 0.469. The van der Waals surface area contributed by atoms with Gasteiger partial charge in [-0.05, 0) is 25.3 Å². The molecule has 0 fully saturated rings. The first-order valence-electron chi connectivity index (χ1n) is 5.57. The number of nitrogen functional groups attached to an aromatic ring is 1. The molecule has 0 bridgehead atoms. The number of nitrogens with two attached hydrogens (primary N) is 1. The molecule has 6 heteroatoms. The second kappa shape index (κ2) is 5.37. The van der Waals surface area contributed by atoms with Gasteiger partial charge in [0.05, 0.1) is 0 Å². The SMILES string of the molecule is CC(C)CC(C)N(C)S(=O)(=O)c1cc(N)cs1. The lowest BCUT2D eigenvalue weighted by molar-refractivity contribution is 0.338. The van der Waals surface area contributed by atoms with Gasteiger partial charge in [-0.15, -0.1) is 11.3 Å². The van der Waals surface area contributed by atoms with Crippen LogP contribution in [0.15, 0.2) is 15.7 Å². The molecule has 1 aromatic rings. The highest BCUT2D eigenvalue weighted by atomic mass is 32.2. The fraction of sp³-hybridized carbons (Fsp3) is 0.636. The van der Waals surface area contributed by atoms with Crippen molar-refractivity contribution in [1.29, 1.82) is 0 Å². The molecular formula is C11H20N2O2S2. The van der Waals surface area contributed by atoms with Crippen LogP contribution in [0.4, 0.5) is 5.69 Å². The minimum atomic E-state index is -3.39. The van der Waals surface area contributed by atoms with Crippen molar-refractivity contribution in [3.8, 4) is 0 Å². The Morgan fingerprint density at radius 2 is 2.00 bits per heavy atom. The fourth-order valence-electron chi connectivity index (χ4n) is 1.67. The van der Waals surface area contributed by atoms with E-state index in [1.165, 1.54) is 21.7 Å². The molecule has 1 atom stereocenters. The van der Waals surface area contributed by atoms with Crippen molar-refractivity contribution in [2.75, 3.05) is 12.8 Å². The summed E-state index contributed by atoms with van der Waals surface area (Å²) in [6.07, 6.45) is 0.844. The number of sulfonamides is 1. The minimum absolute atomic E-state index is 0.0108. The van der Waals surface area contributed by atoms with Crippen LogP contribution in [0.1, 0.15) is 27.2 Å². The monoisotopic (exact) mass is 276 g/mol. The summed E-state index contributed by atoms with van der Waals surface area (Å²) in [5, 5.41) is 1.65. The topological polar surface area (TPSA) is 63.4 Å². The first-order chi connectivity index (χ1) is 7.75. The zero-order valence-corrected chi connectivity index (χ0v) is 12.3. The van der Waals surface area contributed by atoms with Crippen molar-refractivity contribution in [3.63, 3.8) is 0 Å². The van der Waals surface area contributed by atoms with E-state index >= 15 is 0 Å². The molecule has 1 heterocycles. The molecule has 0 aliphatic rings. The van der Waals surface area contributed by atoms with E-state index in [0.717, 1.165) is 6.42 Å². The first-order valence-corrected chi connectivity index (χ1v) is 7.89. The summed E-state index contributed by atoms with van der Waals surface area (Å²) in [4.78, 5) is 0. The van der Waals surface area contributed by atoms with Crippen LogP contribution >= 0.6 is 11.3 Å². The van der Waals surface area contributed by atoms with Crippen LogP contribution in [-0.4, -0.2) is 25.8 Å². The Hall–Kier alpha value is -0.590. The quantitative estimate of drug-likeness (QED) is 0.898. The van der Waals surface area contributed by atoms with Crippen LogP contribution in [0.5, 0.6) is 0 Å². The van der Waals surface area contributed by atoms with E-state index < -0.39 is 10.0 Å². The number of thiophene rings is 1. The van der Waals surface area contributed by atoms with Crippen LogP contribution in [0.2, 0.25) is 0 Å². The molecule has 98 valence electrons. The Morgan fingerprint density at radius 1 is 1.41 bits per heavy atom. The zero-order valence-electron chi connectivity index (χ0n) is 10.7. The van der Waals surface area contributed by atoms with Gasteiger partial charge in [0.25, 0.3) is 10.0 Å². The average Bonchev–Trinajstić information content (AvgIpc) is 2.63. The van der Waals surface area contributed by atoms with Crippen LogP contribution < -0.4 is 5.73 Å². The average molecular weight is 276 g/mol. The van der Waals surface area contributed by atoms with E-state index in [1.54, 1.807) is 12.4 Å². The minimum Gasteiger partial charge on any atom is -0.398 e.